The van der Waals surface area contributed by atoms with E-state index in [1.54, 1.807) is 19.1 Å². The molecule has 3 rings (SSSR count). The number of nitrogens with one attached hydrogen (secondary N) is 2. The zero-order chi connectivity index (χ0) is 24.7. The summed E-state index contributed by atoms with van der Waals surface area (Å²) in [4.78, 5) is 39.7. The van der Waals surface area contributed by atoms with E-state index in [9.17, 15) is 23.2 Å². The molecule has 0 radical (unpaired) electrons. The van der Waals surface area contributed by atoms with E-state index >= 15 is 0 Å². The van der Waals surface area contributed by atoms with Gasteiger partial charge in [0.15, 0.2) is 11.5 Å². The number of amides is 3. The van der Waals surface area contributed by atoms with Crippen LogP contribution in [0.3, 0.4) is 0 Å². The molecular weight excluding hydrogens is 450 g/mol. The number of urea groups is 1. The molecule has 11 heteroatoms. The van der Waals surface area contributed by atoms with Crippen molar-refractivity contribution >= 4 is 17.7 Å². The van der Waals surface area contributed by atoms with E-state index in [-0.39, 0.29) is 25.2 Å². The third kappa shape index (κ3) is 6.83. The highest BCUT2D eigenvalue weighted by molar-refractivity contribution is 6.01. The number of aromatic nitrogens is 1. The summed E-state index contributed by atoms with van der Waals surface area (Å²) in [5, 5.41) is 8.65. The van der Waals surface area contributed by atoms with E-state index in [0.717, 1.165) is 5.56 Å². The third-order valence-corrected chi connectivity index (χ3v) is 5.34. The number of benzene rings is 1. The minimum atomic E-state index is -3.22. The summed E-state index contributed by atoms with van der Waals surface area (Å²) >= 11 is 0. The molecule has 184 valence electrons. The molecule has 9 nitrogen and oxygen atoms in total. The molecule has 2 aromatic rings. The van der Waals surface area contributed by atoms with Crippen LogP contribution in [0.25, 0.3) is 11.3 Å². The van der Waals surface area contributed by atoms with Gasteiger partial charge in [0.05, 0.1) is 19.3 Å². The lowest BCUT2D eigenvalue weighted by molar-refractivity contribution is -0.125. The number of hydrogen-bond acceptors (Lipinski definition) is 6. The molecule has 1 aromatic carbocycles. The lowest BCUT2D eigenvalue weighted by atomic mass is 10.0. The van der Waals surface area contributed by atoms with E-state index < -0.39 is 42.1 Å². The van der Waals surface area contributed by atoms with Gasteiger partial charge in [-0.15, -0.1) is 0 Å². The van der Waals surface area contributed by atoms with Crippen LogP contribution in [0.2, 0.25) is 0 Å². The summed E-state index contributed by atoms with van der Waals surface area (Å²) in [5.41, 5.74) is 0.725. The lowest BCUT2D eigenvalue weighted by Crippen LogP contribution is -2.56. The van der Waals surface area contributed by atoms with Crippen LogP contribution in [-0.4, -0.2) is 72.1 Å². The van der Waals surface area contributed by atoms with Crippen LogP contribution in [0, 0.1) is 0 Å². The molecule has 0 aliphatic carbocycles. The lowest BCUT2D eigenvalue weighted by Gasteiger charge is -2.30. The number of rotatable bonds is 9. The van der Waals surface area contributed by atoms with Crippen LogP contribution in [-0.2, 0) is 9.53 Å². The SMILES string of the molecule is CC[C@H](NC(=O)[C@H](CC(C)(F)F)NC(=O)N1CCOCC1)C(=O)c1cc(-c2ccccc2)on1. The van der Waals surface area contributed by atoms with E-state index in [1.165, 1.54) is 11.0 Å². The average molecular weight is 478 g/mol. The maximum atomic E-state index is 13.8. The number of alkyl halides is 2. The van der Waals surface area contributed by atoms with Crippen molar-refractivity contribution in [3.05, 3.63) is 42.1 Å². The van der Waals surface area contributed by atoms with Crippen molar-refractivity contribution in [1.29, 1.82) is 0 Å². The number of hydrogen-bond donors (Lipinski definition) is 2. The Kier molecular flexibility index (Phi) is 8.32. The van der Waals surface area contributed by atoms with E-state index in [2.05, 4.69) is 15.8 Å². The summed E-state index contributed by atoms with van der Waals surface area (Å²) in [6.45, 7) is 3.55. The molecule has 0 unspecified atom stereocenters. The first-order valence-corrected chi connectivity index (χ1v) is 11.1. The van der Waals surface area contributed by atoms with Crippen molar-refractivity contribution in [2.24, 2.45) is 0 Å². The largest absolute Gasteiger partial charge is 0.378 e. The van der Waals surface area contributed by atoms with Crippen LogP contribution in [0.15, 0.2) is 40.9 Å². The smallest absolute Gasteiger partial charge is 0.318 e. The maximum absolute atomic E-state index is 13.8. The quantitative estimate of drug-likeness (QED) is 0.536. The highest BCUT2D eigenvalue weighted by Crippen LogP contribution is 2.22. The molecule has 34 heavy (non-hydrogen) atoms. The standard InChI is InChI=1S/C23H28F2N4O5/c1-3-16(20(30)17-13-19(34-28-17)15-7-5-4-6-8-15)26-21(31)18(14-23(2,24)25)27-22(32)29-9-11-33-12-10-29/h4-8,13,16,18H,3,9-12,14H2,1-2H3,(H,26,31)(H,27,32)/t16-,18-/m0/s1. The number of Topliss-reactive ketones (excluding diaryl/α,β-unsaturated/α-hetero) is 1. The minimum Gasteiger partial charge on any atom is -0.378 e. The average Bonchev–Trinajstić information content (AvgIpc) is 3.32. The van der Waals surface area contributed by atoms with Crippen molar-refractivity contribution in [3.8, 4) is 11.3 Å². The molecule has 2 heterocycles. The van der Waals surface area contributed by atoms with Gasteiger partial charge >= 0.3 is 6.03 Å². The zero-order valence-electron chi connectivity index (χ0n) is 19.1. The molecule has 1 aliphatic rings. The number of carbonyl (C=O) groups excluding carboxylic acids is 3. The van der Waals surface area contributed by atoms with Crippen molar-refractivity contribution in [2.45, 2.75) is 44.7 Å². The number of halogens is 2. The summed E-state index contributed by atoms with van der Waals surface area (Å²) < 4.78 is 38.0. The molecule has 0 spiro atoms. The van der Waals surface area contributed by atoms with Crippen molar-refractivity contribution in [2.75, 3.05) is 26.3 Å². The second kappa shape index (κ2) is 11.2. The van der Waals surface area contributed by atoms with Gasteiger partial charge in [0, 0.05) is 31.1 Å². The van der Waals surface area contributed by atoms with Crippen molar-refractivity contribution < 1.29 is 32.4 Å². The first-order valence-electron chi connectivity index (χ1n) is 11.1. The highest BCUT2D eigenvalue weighted by atomic mass is 19.3. The number of carbonyl (C=O) groups is 3. The second-order valence-electron chi connectivity index (χ2n) is 8.15. The molecule has 2 atom stereocenters. The first-order chi connectivity index (χ1) is 16.2. The Morgan fingerprint density at radius 2 is 1.79 bits per heavy atom. The van der Waals surface area contributed by atoms with E-state index in [4.69, 9.17) is 9.26 Å². The monoisotopic (exact) mass is 478 g/mol. The van der Waals surface area contributed by atoms with E-state index in [1.807, 2.05) is 18.2 Å². The third-order valence-electron chi connectivity index (χ3n) is 5.34. The number of ether oxygens (including phenoxy) is 1. The fourth-order valence-electron chi connectivity index (χ4n) is 3.51. The van der Waals surface area contributed by atoms with Gasteiger partial charge in [-0.3, -0.25) is 9.59 Å². The van der Waals surface area contributed by atoms with Crippen LogP contribution in [0.5, 0.6) is 0 Å². The Morgan fingerprint density at radius 3 is 2.41 bits per heavy atom. The summed E-state index contributed by atoms with van der Waals surface area (Å²) in [7, 11) is 0. The molecule has 1 fully saturated rings. The minimum absolute atomic E-state index is 0.000673. The zero-order valence-corrected chi connectivity index (χ0v) is 19.1. The summed E-state index contributed by atoms with van der Waals surface area (Å²) in [5.74, 6) is -4.24. The normalized spacial score (nSPS) is 15.9. The number of morpholine rings is 1. The highest BCUT2D eigenvalue weighted by Gasteiger charge is 2.35. The molecular formula is C23H28F2N4O5. The second-order valence-corrected chi connectivity index (χ2v) is 8.15. The molecule has 1 aromatic heterocycles. The number of ketones is 1. The van der Waals surface area contributed by atoms with Crippen LogP contribution in [0.4, 0.5) is 13.6 Å². The molecule has 0 saturated carbocycles. The van der Waals surface area contributed by atoms with Gasteiger partial charge in [-0.2, -0.15) is 0 Å². The van der Waals surface area contributed by atoms with E-state index in [0.29, 0.717) is 25.9 Å². The molecule has 0 bridgehead atoms. The van der Waals surface area contributed by atoms with Gasteiger partial charge in [-0.1, -0.05) is 42.4 Å². The van der Waals surface area contributed by atoms with Gasteiger partial charge < -0.3 is 24.8 Å². The Morgan fingerprint density at radius 1 is 1.12 bits per heavy atom. The van der Waals surface area contributed by atoms with Gasteiger partial charge in [0.25, 0.3) is 0 Å². The fraction of sp³-hybridized carbons (Fsp3) is 0.478. The topological polar surface area (TPSA) is 114 Å². The van der Waals surface area contributed by atoms with Crippen molar-refractivity contribution in [3.63, 3.8) is 0 Å². The van der Waals surface area contributed by atoms with Crippen LogP contribution < -0.4 is 10.6 Å². The van der Waals surface area contributed by atoms with Gasteiger partial charge in [0.2, 0.25) is 17.6 Å². The first kappa shape index (κ1) is 25.3. The van der Waals surface area contributed by atoms with Crippen LogP contribution in [0.1, 0.15) is 37.2 Å². The van der Waals surface area contributed by atoms with Gasteiger partial charge in [0.1, 0.15) is 6.04 Å². The molecule has 1 aliphatic heterocycles. The molecule has 3 amide bonds. The summed E-state index contributed by atoms with van der Waals surface area (Å²) in [6, 6.07) is 7.29. The predicted molar refractivity (Wildman–Crippen MR) is 118 cm³/mol. The van der Waals surface area contributed by atoms with Gasteiger partial charge in [-0.05, 0) is 13.3 Å². The Labute approximate surface area is 195 Å². The Hall–Kier alpha value is -3.34. The van der Waals surface area contributed by atoms with Crippen LogP contribution >= 0.6 is 0 Å². The molecule has 1 saturated heterocycles. The Balaban J connectivity index is 1.69. The fourth-order valence-corrected chi connectivity index (χ4v) is 3.51. The Bertz CT molecular complexity index is 987. The van der Waals surface area contributed by atoms with Gasteiger partial charge in [-0.25, -0.2) is 13.6 Å². The molecule has 2 N–H and O–H groups in total. The van der Waals surface area contributed by atoms with Crippen molar-refractivity contribution in [1.82, 2.24) is 20.7 Å². The number of nitrogens with zero attached hydrogens (tertiary/aromatic N) is 2. The summed E-state index contributed by atoms with van der Waals surface area (Å²) in [6.07, 6.45) is -0.730. The predicted octanol–water partition coefficient (Wildman–Crippen LogP) is 2.87. The maximum Gasteiger partial charge on any atom is 0.318 e.